The van der Waals surface area contributed by atoms with Crippen LogP contribution in [0.4, 0.5) is 0 Å². The van der Waals surface area contributed by atoms with Crippen LogP contribution in [0.25, 0.3) is 0 Å². The van der Waals surface area contributed by atoms with Gasteiger partial charge in [0.05, 0.1) is 11.3 Å². The number of aryl methyl sites for hydroxylation is 1. The average molecular weight is 409 g/mol. The van der Waals surface area contributed by atoms with E-state index in [2.05, 4.69) is 15.8 Å². The minimum Gasteiger partial charge on any atom is -0.507 e. The van der Waals surface area contributed by atoms with E-state index < -0.39 is 5.91 Å². The fraction of sp³-hybridized carbons (Fsp3) is 0.435. The van der Waals surface area contributed by atoms with Crippen LogP contribution in [0.5, 0.6) is 5.75 Å². The number of benzene rings is 1. The number of nitrogens with one attached hydrogen (secondary N) is 2. The van der Waals surface area contributed by atoms with E-state index in [0.29, 0.717) is 17.9 Å². The molecule has 2 aliphatic rings. The van der Waals surface area contributed by atoms with E-state index in [4.69, 9.17) is 4.42 Å². The molecule has 0 unspecified atom stereocenters. The van der Waals surface area contributed by atoms with Crippen molar-refractivity contribution in [2.75, 3.05) is 0 Å². The molecule has 3 N–H and O–H groups in total. The molecule has 0 aliphatic heterocycles. The van der Waals surface area contributed by atoms with Gasteiger partial charge in [-0.15, -0.1) is 0 Å². The summed E-state index contributed by atoms with van der Waals surface area (Å²) in [6.07, 6.45) is 7.78. The fourth-order valence-corrected chi connectivity index (χ4v) is 4.34. The summed E-state index contributed by atoms with van der Waals surface area (Å²) in [7, 11) is 0. The lowest BCUT2D eigenvalue weighted by Gasteiger charge is -2.22. The van der Waals surface area contributed by atoms with Crippen molar-refractivity contribution in [2.45, 2.75) is 64.3 Å². The number of rotatable bonds is 4. The monoisotopic (exact) mass is 409 g/mol. The van der Waals surface area contributed by atoms with Crippen LogP contribution in [0.1, 0.15) is 82.7 Å². The Bertz CT molecular complexity index is 986. The standard InChI is InChI=1S/C23H27N3O4/c1-14-20-17(25-26-22(28)16-10-5-6-12-18(16)27)11-7-13-19(20)30-21(14)23(29)24-15-8-3-2-4-9-15/h5-6,10,12,15,27H,2-4,7-9,11,13H2,1H3,(H,24,29)(H,26,28)/b25-17+. The van der Waals surface area contributed by atoms with Crippen LogP contribution >= 0.6 is 0 Å². The number of amides is 2. The van der Waals surface area contributed by atoms with Crippen molar-refractivity contribution in [3.63, 3.8) is 0 Å². The van der Waals surface area contributed by atoms with E-state index in [-0.39, 0.29) is 23.3 Å². The van der Waals surface area contributed by atoms with Crippen LogP contribution in [0.2, 0.25) is 0 Å². The minimum atomic E-state index is -0.482. The molecule has 0 radical (unpaired) electrons. The maximum atomic E-state index is 12.8. The summed E-state index contributed by atoms with van der Waals surface area (Å²) < 4.78 is 5.94. The molecule has 0 atom stereocenters. The van der Waals surface area contributed by atoms with E-state index >= 15 is 0 Å². The molecular formula is C23H27N3O4. The summed E-state index contributed by atoms with van der Waals surface area (Å²) in [5, 5.41) is 17.3. The zero-order valence-electron chi connectivity index (χ0n) is 17.2. The maximum absolute atomic E-state index is 12.8. The van der Waals surface area contributed by atoms with Crippen molar-refractivity contribution in [1.29, 1.82) is 0 Å². The highest BCUT2D eigenvalue weighted by Crippen LogP contribution is 2.30. The van der Waals surface area contributed by atoms with Crippen molar-refractivity contribution in [3.8, 4) is 5.75 Å². The molecule has 1 aromatic carbocycles. The number of nitrogens with zero attached hydrogens (tertiary/aromatic N) is 1. The van der Waals surface area contributed by atoms with E-state index in [9.17, 15) is 14.7 Å². The number of fused-ring (bicyclic) bond motifs is 1. The van der Waals surface area contributed by atoms with Crippen LogP contribution < -0.4 is 10.7 Å². The first-order valence-corrected chi connectivity index (χ1v) is 10.6. The second-order valence-electron chi connectivity index (χ2n) is 8.03. The second-order valence-corrected chi connectivity index (χ2v) is 8.03. The molecular weight excluding hydrogens is 382 g/mol. The maximum Gasteiger partial charge on any atom is 0.287 e. The van der Waals surface area contributed by atoms with Crippen LogP contribution in [-0.2, 0) is 6.42 Å². The van der Waals surface area contributed by atoms with Gasteiger partial charge >= 0.3 is 0 Å². The van der Waals surface area contributed by atoms with Gasteiger partial charge in [0.2, 0.25) is 0 Å². The van der Waals surface area contributed by atoms with Gasteiger partial charge in [0.1, 0.15) is 11.5 Å². The Kier molecular flexibility index (Phi) is 5.88. The number of phenols is 1. The third kappa shape index (κ3) is 4.10. The highest BCUT2D eigenvalue weighted by atomic mass is 16.4. The Morgan fingerprint density at radius 3 is 2.60 bits per heavy atom. The van der Waals surface area contributed by atoms with E-state index in [1.54, 1.807) is 12.1 Å². The number of carbonyl (C=O) groups excluding carboxylic acids is 2. The first kappa shape index (κ1) is 20.2. The van der Waals surface area contributed by atoms with Crippen LogP contribution in [0.15, 0.2) is 33.8 Å². The van der Waals surface area contributed by atoms with Crippen LogP contribution in [-0.4, -0.2) is 28.7 Å². The highest BCUT2D eigenvalue weighted by molar-refractivity contribution is 6.07. The summed E-state index contributed by atoms with van der Waals surface area (Å²) in [5.41, 5.74) is 4.95. The molecule has 2 aromatic rings. The lowest BCUT2D eigenvalue weighted by atomic mass is 9.93. The smallest absolute Gasteiger partial charge is 0.287 e. The molecule has 30 heavy (non-hydrogen) atoms. The topological polar surface area (TPSA) is 104 Å². The lowest BCUT2D eigenvalue weighted by Crippen LogP contribution is -2.36. The Balaban J connectivity index is 1.53. The lowest BCUT2D eigenvalue weighted by molar-refractivity contribution is 0.0895. The number of furan rings is 1. The molecule has 7 heteroatoms. The van der Waals surface area contributed by atoms with E-state index in [0.717, 1.165) is 55.4 Å². The number of aromatic hydroxyl groups is 1. The molecule has 1 aromatic heterocycles. The van der Waals surface area contributed by atoms with Gasteiger partial charge in [0.25, 0.3) is 11.8 Å². The summed E-state index contributed by atoms with van der Waals surface area (Å²) in [6, 6.07) is 6.53. The Morgan fingerprint density at radius 2 is 1.83 bits per heavy atom. The molecule has 0 bridgehead atoms. The molecule has 7 nitrogen and oxygen atoms in total. The van der Waals surface area contributed by atoms with Crippen LogP contribution in [0, 0.1) is 6.92 Å². The highest BCUT2D eigenvalue weighted by Gasteiger charge is 2.29. The van der Waals surface area contributed by atoms with Gasteiger partial charge in [-0.2, -0.15) is 5.10 Å². The van der Waals surface area contributed by atoms with Gasteiger partial charge in [-0.05, 0) is 44.7 Å². The van der Waals surface area contributed by atoms with Crippen molar-refractivity contribution in [3.05, 3.63) is 52.5 Å². The van der Waals surface area contributed by atoms with Gasteiger partial charge in [0, 0.05) is 23.6 Å². The number of hydrogen-bond acceptors (Lipinski definition) is 5. The van der Waals surface area contributed by atoms with Crippen molar-refractivity contribution in [2.24, 2.45) is 5.10 Å². The first-order chi connectivity index (χ1) is 14.5. The van der Waals surface area contributed by atoms with Crippen molar-refractivity contribution >= 4 is 17.5 Å². The minimum absolute atomic E-state index is 0.0966. The van der Waals surface area contributed by atoms with Gasteiger partial charge in [-0.3, -0.25) is 9.59 Å². The molecule has 2 aliphatic carbocycles. The molecule has 0 spiro atoms. The van der Waals surface area contributed by atoms with Crippen LogP contribution in [0.3, 0.4) is 0 Å². The second kappa shape index (κ2) is 8.73. The third-order valence-electron chi connectivity index (χ3n) is 5.91. The Labute approximate surface area is 175 Å². The normalized spacial score (nSPS) is 18.1. The Hall–Kier alpha value is -3.09. The Morgan fingerprint density at radius 1 is 1.07 bits per heavy atom. The number of hydrazone groups is 1. The van der Waals surface area contributed by atoms with Gasteiger partial charge in [0.15, 0.2) is 5.76 Å². The average Bonchev–Trinajstić information content (AvgIpc) is 3.10. The first-order valence-electron chi connectivity index (χ1n) is 10.6. The zero-order chi connectivity index (χ0) is 21.1. The summed E-state index contributed by atoms with van der Waals surface area (Å²) in [5.74, 6) is 0.325. The molecule has 0 saturated heterocycles. The van der Waals surface area contributed by atoms with E-state index in [1.807, 2.05) is 6.92 Å². The summed E-state index contributed by atoms with van der Waals surface area (Å²) >= 11 is 0. The molecule has 158 valence electrons. The van der Waals surface area contributed by atoms with Gasteiger partial charge < -0.3 is 14.8 Å². The fourth-order valence-electron chi connectivity index (χ4n) is 4.34. The van der Waals surface area contributed by atoms with Gasteiger partial charge in [-0.25, -0.2) is 5.43 Å². The molecule has 1 heterocycles. The number of para-hydroxylation sites is 1. The number of carbonyl (C=O) groups is 2. The third-order valence-corrected chi connectivity index (χ3v) is 5.91. The van der Waals surface area contributed by atoms with Crippen molar-refractivity contribution < 1.29 is 19.1 Å². The molecule has 1 saturated carbocycles. The van der Waals surface area contributed by atoms with Gasteiger partial charge in [-0.1, -0.05) is 31.4 Å². The van der Waals surface area contributed by atoms with E-state index in [1.165, 1.54) is 18.6 Å². The number of phenolic OH excluding ortho intramolecular Hbond substituents is 1. The predicted octanol–water partition coefficient (Wildman–Crippen LogP) is 3.83. The predicted molar refractivity (Wildman–Crippen MR) is 113 cm³/mol. The van der Waals surface area contributed by atoms with Crippen molar-refractivity contribution in [1.82, 2.24) is 10.7 Å². The summed E-state index contributed by atoms with van der Waals surface area (Å²) in [6.45, 7) is 1.86. The largest absolute Gasteiger partial charge is 0.507 e. The molecule has 1 fully saturated rings. The number of hydrogen-bond donors (Lipinski definition) is 3. The SMILES string of the molecule is Cc1c(C(=O)NC2CCCCC2)oc2c1/C(=N/NC(=O)c1ccccc1O)CCC2. The summed E-state index contributed by atoms with van der Waals surface area (Å²) in [4.78, 5) is 25.2. The zero-order valence-corrected chi connectivity index (χ0v) is 17.2. The molecule has 2 amide bonds. The molecule has 4 rings (SSSR count). The quantitative estimate of drug-likeness (QED) is 0.668.